The van der Waals surface area contributed by atoms with Gasteiger partial charge in [-0.05, 0) is 69.0 Å². The molecule has 1 saturated heterocycles. The number of sulfonamides is 1. The Morgan fingerprint density at radius 2 is 2.09 bits per heavy atom. The van der Waals surface area contributed by atoms with Gasteiger partial charge in [0.05, 0.1) is 6.26 Å². The van der Waals surface area contributed by atoms with Crippen LogP contribution in [0.15, 0.2) is 12.1 Å². The second-order valence-electron chi connectivity index (χ2n) is 11.7. The summed E-state index contributed by atoms with van der Waals surface area (Å²) in [6.45, 7) is 2.61. The van der Waals surface area contributed by atoms with Gasteiger partial charge in [-0.1, -0.05) is 6.07 Å². The molecule has 5 fully saturated rings. The molecule has 7 aliphatic rings. The third-order valence-electron chi connectivity index (χ3n) is 10.4. The molecule has 2 spiro atoms. The Labute approximate surface area is 195 Å². The number of fused-ring (bicyclic) bond motifs is 2. The van der Waals surface area contributed by atoms with Gasteiger partial charge in [0.2, 0.25) is 10.0 Å². The van der Waals surface area contributed by atoms with Crippen LogP contribution in [0.1, 0.15) is 49.7 Å². The maximum absolute atomic E-state index is 12.0. The smallest absolute Gasteiger partial charge is 0.208 e. The average molecular weight is 475 g/mol. The van der Waals surface area contributed by atoms with E-state index < -0.39 is 15.6 Å². The summed E-state index contributed by atoms with van der Waals surface area (Å²) < 4.78 is 40.0. The highest BCUT2D eigenvalue weighted by Gasteiger charge is 2.80. The van der Waals surface area contributed by atoms with E-state index in [0.717, 1.165) is 44.6 Å². The molecule has 1 aromatic rings. The fourth-order valence-electron chi connectivity index (χ4n) is 9.04. The lowest BCUT2D eigenvalue weighted by molar-refractivity contribution is -0.275. The third-order valence-corrected chi connectivity index (χ3v) is 11.1. The summed E-state index contributed by atoms with van der Waals surface area (Å²) in [5.74, 6) is 1.75. The Morgan fingerprint density at radius 1 is 1.27 bits per heavy atom. The fourth-order valence-corrected chi connectivity index (χ4v) is 9.55. The first-order chi connectivity index (χ1) is 15.7. The highest BCUT2D eigenvalue weighted by atomic mass is 32.2. The van der Waals surface area contributed by atoms with E-state index in [0.29, 0.717) is 18.3 Å². The Balaban J connectivity index is 1.41. The highest BCUT2D eigenvalue weighted by molar-refractivity contribution is 7.88. The molecule has 8 heteroatoms. The van der Waals surface area contributed by atoms with Crippen LogP contribution in [-0.2, 0) is 26.6 Å². The van der Waals surface area contributed by atoms with Gasteiger partial charge in [-0.15, -0.1) is 0 Å². The monoisotopic (exact) mass is 474 g/mol. The molecule has 4 saturated carbocycles. The summed E-state index contributed by atoms with van der Waals surface area (Å²) in [5.41, 5.74) is 1.84. The SMILES string of the molecule is CO[C@]12CC[C@@]3(C[C@@H]1CNS(C)(=O)=O)[C@H]1Cc4ccc(O)c5c4[C@@]3(CCN1CC1CC1)C2O5. The number of phenolic OH excluding ortho intramolecular Hbond substituents is 1. The number of aromatic hydroxyl groups is 1. The van der Waals surface area contributed by atoms with Crippen molar-refractivity contribution in [2.45, 2.75) is 68.1 Å². The van der Waals surface area contributed by atoms with Gasteiger partial charge < -0.3 is 14.6 Å². The number of ether oxygens (including phenoxy) is 2. The number of piperidine rings is 1. The highest BCUT2D eigenvalue weighted by Crippen LogP contribution is 2.76. The molecule has 2 N–H and O–H groups in total. The summed E-state index contributed by atoms with van der Waals surface area (Å²) >= 11 is 0. The van der Waals surface area contributed by atoms with Gasteiger partial charge in [-0.25, -0.2) is 13.1 Å². The topological polar surface area (TPSA) is 88.1 Å². The second kappa shape index (κ2) is 6.45. The van der Waals surface area contributed by atoms with Crippen molar-refractivity contribution in [1.82, 2.24) is 9.62 Å². The number of rotatable bonds is 6. The Hall–Kier alpha value is -1.35. The van der Waals surface area contributed by atoms with Crippen molar-refractivity contribution in [3.63, 3.8) is 0 Å². The van der Waals surface area contributed by atoms with E-state index in [9.17, 15) is 13.5 Å². The molecule has 8 rings (SSSR count). The third kappa shape index (κ3) is 2.48. The van der Waals surface area contributed by atoms with Gasteiger partial charge in [0.25, 0.3) is 0 Å². The normalized spacial score (nSPS) is 42.8. The predicted molar refractivity (Wildman–Crippen MR) is 123 cm³/mol. The molecule has 0 radical (unpaired) electrons. The quantitative estimate of drug-likeness (QED) is 0.657. The van der Waals surface area contributed by atoms with Crippen LogP contribution in [0.3, 0.4) is 0 Å². The molecule has 7 nitrogen and oxygen atoms in total. The molecule has 4 bridgehead atoms. The van der Waals surface area contributed by atoms with E-state index in [1.54, 1.807) is 13.2 Å². The van der Waals surface area contributed by atoms with Crippen molar-refractivity contribution in [2.75, 3.05) is 33.0 Å². The van der Waals surface area contributed by atoms with Crippen molar-refractivity contribution < 1.29 is 23.0 Å². The van der Waals surface area contributed by atoms with Gasteiger partial charge in [0.15, 0.2) is 11.5 Å². The lowest BCUT2D eigenvalue weighted by Crippen LogP contribution is -2.81. The minimum absolute atomic E-state index is 0.0149. The number of hydrogen-bond acceptors (Lipinski definition) is 6. The lowest BCUT2D eigenvalue weighted by atomic mass is 9.35. The van der Waals surface area contributed by atoms with Crippen LogP contribution in [0.2, 0.25) is 0 Å². The minimum atomic E-state index is -3.31. The van der Waals surface area contributed by atoms with Gasteiger partial charge in [-0.3, -0.25) is 4.90 Å². The van der Waals surface area contributed by atoms with Crippen LogP contribution in [0.4, 0.5) is 0 Å². The van der Waals surface area contributed by atoms with E-state index in [-0.39, 0.29) is 28.6 Å². The Morgan fingerprint density at radius 3 is 2.82 bits per heavy atom. The van der Waals surface area contributed by atoms with E-state index in [1.165, 1.54) is 36.8 Å². The zero-order valence-corrected chi connectivity index (χ0v) is 20.3. The maximum Gasteiger partial charge on any atom is 0.208 e. The first kappa shape index (κ1) is 21.0. The second-order valence-corrected chi connectivity index (χ2v) is 13.5. The molecule has 1 aromatic carbocycles. The van der Waals surface area contributed by atoms with Crippen molar-refractivity contribution in [3.8, 4) is 11.5 Å². The molecular formula is C25H34N2O5S. The molecule has 5 aliphatic carbocycles. The van der Waals surface area contributed by atoms with E-state index >= 15 is 0 Å². The number of hydrogen-bond donors (Lipinski definition) is 2. The zero-order valence-electron chi connectivity index (χ0n) is 19.5. The number of phenols is 1. The molecular weight excluding hydrogens is 440 g/mol. The van der Waals surface area contributed by atoms with Crippen molar-refractivity contribution >= 4 is 10.0 Å². The van der Waals surface area contributed by atoms with Crippen LogP contribution < -0.4 is 9.46 Å². The largest absolute Gasteiger partial charge is 0.504 e. The number of benzene rings is 1. The molecule has 180 valence electrons. The summed E-state index contributed by atoms with van der Waals surface area (Å²) in [4.78, 5) is 2.76. The minimum Gasteiger partial charge on any atom is -0.504 e. The van der Waals surface area contributed by atoms with E-state index in [2.05, 4.69) is 15.7 Å². The maximum atomic E-state index is 12.0. The number of methoxy groups -OCH3 is 1. The summed E-state index contributed by atoms with van der Waals surface area (Å²) in [6.07, 6.45) is 8.58. The van der Waals surface area contributed by atoms with Gasteiger partial charge in [0.1, 0.15) is 11.7 Å². The summed E-state index contributed by atoms with van der Waals surface area (Å²) in [6, 6.07) is 4.34. The van der Waals surface area contributed by atoms with Gasteiger partial charge in [0, 0.05) is 48.6 Å². The van der Waals surface area contributed by atoms with Crippen LogP contribution in [0.25, 0.3) is 0 Å². The van der Waals surface area contributed by atoms with Crippen molar-refractivity contribution in [3.05, 3.63) is 23.3 Å². The van der Waals surface area contributed by atoms with E-state index in [4.69, 9.17) is 9.47 Å². The average Bonchev–Trinajstić information content (AvgIpc) is 3.52. The molecule has 6 atom stereocenters. The first-order valence-electron chi connectivity index (χ1n) is 12.5. The first-order valence-corrected chi connectivity index (χ1v) is 14.4. The summed E-state index contributed by atoms with van der Waals surface area (Å²) in [7, 11) is -1.55. The molecule has 0 aromatic heterocycles. The van der Waals surface area contributed by atoms with Crippen LogP contribution >= 0.6 is 0 Å². The molecule has 1 unspecified atom stereocenters. The number of nitrogens with zero attached hydrogens (tertiary/aromatic N) is 1. The van der Waals surface area contributed by atoms with Crippen LogP contribution in [-0.4, -0.2) is 69.2 Å². The van der Waals surface area contributed by atoms with E-state index in [1.807, 2.05) is 0 Å². The van der Waals surface area contributed by atoms with Crippen molar-refractivity contribution in [2.24, 2.45) is 17.3 Å². The Kier molecular flexibility index (Phi) is 4.10. The molecule has 0 amide bonds. The molecule has 2 heterocycles. The van der Waals surface area contributed by atoms with Gasteiger partial charge >= 0.3 is 0 Å². The fraction of sp³-hybridized carbons (Fsp3) is 0.760. The standard InChI is InChI=1S/C25H34N2O5S/c1-31-25-8-7-23(12-17(25)13-26-33(2,29)30)19-11-16-5-6-18(28)21-20(16)24(23,22(25)32-21)9-10-27(19)14-15-3-4-15/h5-6,15,17,19,22,26,28H,3-4,7-14H2,1-2H3/t17-,19-,22?,23-,24+,25-/m1/s1. The summed E-state index contributed by atoms with van der Waals surface area (Å²) in [5, 5.41) is 10.8. The lowest BCUT2D eigenvalue weighted by Gasteiger charge is -2.74. The van der Waals surface area contributed by atoms with Crippen LogP contribution in [0, 0.1) is 17.3 Å². The number of nitrogens with one attached hydrogen (secondary N) is 1. The predicted octanol–water partition coefficient (Wildman–Crippen LogP) is 2.17. The van der Waals surface area contributed by atoms with Crippen LogP contribution in [0.5, 0.6) is 11.5 Å². The Bertz CT molecular complexity index is 1140. The zero-order chi connectivity index (χ0) is 22.8. The van der Waals surface area contributed by atoms with Gasteiger partial charge in [-0.2, -0.15) is 0 Å². The molecule has 2 aliphatic heterocycles. The number of likely N-dealkylation sites (tertiary alicyclic amines) is 1. The molecule has 33 heavy (non-hydrogen) atoms. The van der Waals surface area contributed by atoms with Crippen molar-refractivity contribution in [1.29, 1.82) is 0 Å².